The zero-order valence-corrected chi connectivity index (χ0v) is 18.8. The fraction of sp³-hybridized carbons (Fsp3) is 0.350. The number of rotatable bonds is 8. The molecule has 2 aromatic rings. The lowest BCUT2D eigenvalue weighted by atomic mass is 10.2. The molecule has 10 heteroatoms. The van der Waals surface area contributed by atoms with Crippen LogP contribution in [0.5, 0.6) is 0 Å². The second-order valence-electron chi connectivity index (χ2n) is 6.24. The Bertz CT molecular complexity index is 1050. The fourth-order valence-electron chi connectivity index (χ4n) is 2.77. The van der Waals surface area contributed by atoms with Gasteiger partial charge in [-0.1, -0.05) is 25.4 Å². The number of aromatic nitrogens is 1. The van der Waals surface area contributed by atoms with Crippen LogP contribution in [0.3, 0.4) is 0 Å². The van der Waals surface area contributed by atoms with Gasteiger partial charge in [0.15, 0.2) is 0 Å². The number of hydrogen-bond donors (Lipinski definition) is 1. The van der Waals surface area contributed by atoms with Gasteiger partial charge in [0.2, 0.25) is 10.0 Å². The average molecular weight is 454 g/mol. The number of carbonyl (C=O) groups excluding carboxylic acids is 2. The van der Waals surface area contributed by atoms with E-state index in [4.69, 9.17) is 16.3 Å². The smallest absolute Gasteiger partial charge is 0.339 e. The van der Waals surface area contributed by atoms with Gasteiger partial charge >= 0.3 is 5.97 Å². The van der Waals surface area contributed by atoms with Crippen LogP contribution in [-0.4, -0.2) is 49.3 Å². The molecule has 1 amide bonds. The van der Waals surface area contributed by atoms with Crippen LogP contribution in [0, 0.1) is 6.92 Å². The topological polar surface area (TPSA) is 106 Å². The maximum atomic E-state index is 12.7. The van der Waals surface area contributed by atoms with E-state index in [0.717, 1.165) is 0 Å². The molecule has 0 saturated heterocycles. The number of amides is 1. The molecule has 30 heavy (non-hydrogen) atoms. The summed E-state index contributed by atoms with van der Waals surface area (Å²) in [6, 6.07) is 6.96. The first kappa shape index (κ1) is 23.8. The molecule has 1 aromatic carbocycles. The van der Waals surface area contributed by atoms with Crippen LogP contribution >= 0.6 is 11.6 Å². The molecule has 2 rings (SSSR count). The Morgan fingerprint density at radius 3 is 2.37 bits per heavy atom. The van der Waals surface area contributed by atoms with E-state index >= 15 is 0 Å². The van der Waals surface area contributed by atoms with E-state index in [2.05, 4.69) is 10.3 Å². The van der Waals surface area contributed by atoms with Crippen LogP contribution in [0.4, 0.5) is 5.69 Å². The van der Waals surface area contributed by atoms with E-state index in [1.807, 2.05) is 0 Å². The number of ether oxygens (including phenoxy) is 1. The first-order chi connectivity index (χ1) is 14.1. The highest BCUT2D eigenvalue weighted by molar-refractivity contribution is 7.89. The molecule has 1 N–H and O–H groups in total. The van der Waals surface area contributed by atoms with Crippen LogP contribution in [-0.2, 0) is 14.8 Å². The second kappa shape index (κ2) is 10.0. The van der Waals surface area contributed by atoms with E-state index in [9.17, 15) is 18.0 Å². The summed E-state index contributed by atoms with van der Waals surface area (Å²) in [4.78, 5) is 28.7. The lowest BCUT2D eigenvalue weighted by Crippen LogP contribution is -2.30. The van der Waals surface area contributed by atoms with Gasteiger partial charge in [0, 0.05) is 13.1 Å². The van der Waals surface area contributed by atoms with Crippen molar-refractivity contribution in [2.45, 2.75) is 32.6 Å². The molecule has 0 saturated carbocycles. The Labute approximate surface area is 181 Å². The van der Waals surface area contributed by atoms with E-state index in [1.54, 1.807) is 27.7 Å². The van der Waals surface area contributed by atoms with Gasteiger partial charge in [-0.2, -0.15) is 4.31 Å². The monoisotopic (exact) mass is 453 g/mol. The van der Waals surface area contributed by atoms with Crippen molar-refractivity contribution in [2.75, 3.05) is 25.0 Å². The highest BCUT2D eigenvalue weighted by Gasteiger charge is 2.23. The number of carbonyl (C=O) groups is 2. The zero-order chi connectivity index (χ0) is 22.5. The molecule has 0 aliphatic heterocycles. The molecule has 0 unspecified atom stereocenters. The van der Waals surface area contributed by atoms with E-state index in [1.165, 1.54) is 34.6 Å². The number of sulfonamides is 1. The molecular formula is C20H24ClN3O5S. The maximum Gasteiger partial charge on any atom is 0.339 e. The Morgan fingerprint density at radius 1 is 1.13 bits per heavy atom. The number of anilines is 1. The Balaban J connectivity index is 2.31. The third kappa shape index (κ3) is 5.16. The summed E-state index contributed by atoms with van der Waals surface area (Å²) in [5.74, 6) is -1.11. The summed E-state index contributed by atoms with van der Waals surface area (Å²) in [5.41, 5.74) is 0.793. The van der Waals surface area contributed by atoms with Crippen molar-refractivity contribution in [1.29, 1.82) is 0 Å². The van der Waals surface area contributed by atoms with Crippen LogP contribution in [0.2, 0.25) is 5.02 Å². The van der Waals surface area contributed by atoms with Crippen molar-refractivity contribution in [3.8, 4) is 0 Å². The quantitative estimate of drug-likeness (QED) is 0.613. The second-order valence-corrected chi connectivity index (χ2v) is 8.58. The van der Waals surface area contributed by atoms with Crippen LogP contribution in [0.25, 0.3) is 0 Å². The van der Waals surface area contributed by atoms with Gasteiger partial charge in [0.05, 0.1) is 33.5 Å². The maximum absolute atomic E-state index is 12.7. The van der Waals surface area contributed by atoms with Gasteiger partial charge in [0.1, 0.15) is 5.69 Å². The zero-order valence-electron chi connectivity index (χ0n) is 17.2. The Kier molecular flexibility index (Phi) is 7.94. The summed E-state index contributed by atoms with van der Waals surface area (Å²) >= 11 is 6.15. The van der Waals surface area contributed by atoms with E-state index in [-0.39, 0.29) is 33.5 Å². The molecule has 0 aliphatic carbocycles. The molecule has 0 atom stereocenters. The van der Waals surface area contributed by atoms with Crippen LogP contribution in [0.15, 0.2) is 35.2 Å². The molecule has 8 nitrogen and oxygen atoms in total. The largest absolute Gasteiger partial charge is 0.462 e. The van der Waals surface area contributed by atoms with Gasteiger partial charge in [-0.05, 0) is 44.2 Å². The minimum atomic E-state index is -3.71. The molecule has 0 radical (unpaired) electrons. The lowest BCUT2D eigenvalue weighted by molar-refractivity contribution is 0.0524. The Morgan fingerprint density at radius 2 is 1.80 bits per heavy atom. The van der Waals surface area contributed by atoms with Crippen molar-refractivity contribution in [2.24, 2.45) is 0 Å². The van der Waals surface area contributed by atoms with Crippen molar-refractivity contribution >= 4 is 39.2 Å². The number of hydrogen-bond acceptors (Lipinski definition) is 6. The molecule has 0 aliphatic rings. The molecule has 0 bridgehead atoms. The Hall–Kier alpha value is -2.49. The number of esters is 1. The van der Waals surface area contributed by atoms with E-state index in [0.29, 0.717) is 18.8 Å². The number of pyridine rings is 1. The molecule has 1 heterocycles. The van der Waals surface area contributed by atoms with Gasteiger partial charge in [-0.25, -0.2) is 18.2 Å². The minimum absolute atomic E-state index is 0.0210. The number of nitrogens with zero attached hydrogens (tertiary/aromatic N) is 2. The SMILES string of the molecule is CCOC(=O)c1ccc(C(=O)Nc2cc(S(=O)(=O)N(CC)CC)ccc2Cl)nc1C. The summed E-state index contributed by atoms with van der Waals surface area (Å²) in [5, 5.41) is 2.76. The summed E-state index contributed by atoms with van der Waals surface area (Å²) in [7, 11) is -3.71. The predicted molar refractivity (Wildman–Crippen MR) is 114 cm³/mol. The van der Waals surface area contributed by atoms with Gasteiger partial charge in [-0.15, -0.1) is 0 Å². The molecule has 1 aromatic heterocycles. The summed E-state index contributed by atoms with van der Waals surface area (Å²) < 4.78 is 31.7. The average Bonchev–Trinajstić information content (AvgIpc) is 2.70. The molecule has 162 valence electrons. The number of nitrogens with one attached hydrogen (secondary N) is 1. The first-order valence-corrected chi connectivity index (χ1v) is 11.2. The normalized spacial score (nSPS) is 11.4. The lowest BCUT2D eigenvalue weighted by Gasteiger charge is -2.19. The fourth-order valence-corrected chi connectivity index (χ4v) is 4.42. The number of benzene rings is 1. The van der Waals surface area contributed by atoms with E-state index < -0.39 is 21.9 Å². The standard InChI is InChI=1S/C20H24ClN3O5S/c1-5-24(6-2)30(27,28)14-8-10-16(21)18(12-14)23-19(25)17-11-9-15(13(4)22-17)20(26)29-7-3/h8-12H,5-7H2,1-4H3,(H,23,25). The molecular weight excluding hydrogens is 430 g/mol. The van der Waals surface area contributed by atoms with Gasteiger partial charge in [0.25, 0.3) is 5.91 Å². The van der Waals surface area contributed by atoms with Crippen LogP contribution < -0.4 is 5.32 Å². The number of aryl methyl sites for hydroxylation is 1. The van der Waals surface area contributed by atoms with Crippen LogP contribution in [0.1, 0.15) is 47.3 Å². The first-order valence-electron chi connectivity index (χ1n) is 9.41. The number of halogens is 1. The predicted octanol–water partition coefficient (Wildman–Crippen LogP) is 3.50. The van der Waals surface area contributed by atoms with Crippen molar-refractivity contribution in [1.82, 2.24) is 9.29 Å². The summed E-state index contributed by atoms with van der Waals surface area (Å²) in [6.45, 7) is 7.64. The highest BCUT2D eigenvalue weighted by atomic mass is 35.5. The van der Waals surface area contributed by atoms with Crippen molar-refractivity contribution < 1.29 is 22.7 Å². The molecule has 0 spiro atoms. The van der Waals surface area contributed by atoms with Crippen molar-refractivity contribution in [3.63, 3.8) is 0 Å². The molecule has 0 fully saturated rings. The third-order valence-electron chi connectivity index (χ3n) is 4.34. The summed E-state index contributed by atoms with van der Waals surface area (Å²) in [6.07, 6.45) is 0. The van der Waals surface area contributed by atoms with Gasteiger partial charge in [-0.3, -0.25) is 4.79 Å². The minimum Gasteiger partial charge on any atom is -0.462 e. The third-order valence-corrected chi connectivity index (χ3v) is 6.72. The van der Waals surface area contributed by atoms with Gasteiger partial charge < -0.3 is 10.1 Å². The highest BCUT2D eigenvalue weighted by Crippen LogP contribution is 2.27. The van der Waals surface area contributed by atoms with Crippen molar-refractivity contribution in [3.05, 3.63) is 52.3 Å².